The monoisotopic (exact) mass is 332 g/mol. The van der Waals surface area contributed by atoms with Crippen LogP contribution in [0.15, 0.2) is 36.4 Å². The predicted octanol–water partition coefficient (Wildman–Crippen LogP) is 2.18. The van der Waals surface area contributed by atoms with Crippen molar-refractivity contribution in [3.8, 4) is 17.2 Å². The van der Waals surface area contributed by atoms with Gasteiger partial charge in [0.25, 0.3) is 0 Å². The Morgan fingerprint density at radius 1 is 1.21 bits per heavy atom. The number of hydrogen-bond acceptors (Lipinski definition) is 6. The summed E-state index contributed by atoms with van der Waals surface area (Å²) in [6.07, 6.45) is -1.02. The third-order valence-electron chi connectivity index (χ3n) is 3.61. The molecule has 7 nitrogen and oxygen atoms in total. The van der Waals surface area contributed by atoms with Gasteiger partial charge in [0.2, 0.25) is 6.79 Å². The van der Waals surface area contributed by atoms with Gasteiger partial charge in [0.15, 0.2) is 18.3 Å². The zero-order chi connectivity index (χ0) is 17.1. The first-order valence-electron chi connectivity index (χ1n) is 7.16. The van der Waals surface area contributed by atoms with Crippen molar-refractivity contribution in [3.05, 3.63) is 53.1 Å². The minimum atomic E-state index is -1.02. The maximum absolute atomic E-state index is 10.9. The molecule has 0 spiro atoms. The summed E-state index contributed by atoms with van der Waals surface area (Å²) in [4.78, 5) is 10.9. The van der Waals surface area contributed by atoms with Crippen molar-refractivity contribution in [2.24, 2.45) is 0 Å². The number of fused-ring (bicyclic) bond motifs is 1. The number of carboxylic acid groups (broad SMARTS) is 1. The molecule has 2 N–H and O–H groups in total. The molecule has 1 heterocycles. The highest BCUT2D eigenvalue weighted by molar-refractivity contribution is 5.87. The summed E-state index contributed by atoms with van der Waals surface area (Å²) < 4.78 is 21.1. The number of carbonyl (C=O) groups is 1. The van der Waals surface area contributed by atoms with Gasteiger partial charge >= 0.3 is 5.97 Å². The fourth-order valence-corrected chi connectivity index (χ4v) is 2.39. The number of aromatic carboxylic acids is 1. The molecule has 1 unspecified atom stereocenters. The number of aliphatic hydroxyl groups excluding tert-OH is 1. The van der Waals surface area contributed by atoms with E-state index in [2.05, 4.69) is 0 Å². The van der Waals surface area contributed by atoms with E-state index in [1.807, 2.05) is 0 Å². The van der Waals surface area contributed by atoms with Gasteiger partial charge < -0.3 is 29.2 Å². The number of ether oxygens (including phenoxy) is 4. The van der Waals surface area contributed by atoms with Crippen LogP contribution in [0.2, 0.25) is 0 Å². The molecule has 7 heteroatoms. The first kappa shape index (κ1) is 16.1. The molecular formula is C17H16O7. The Morgan fingerprint density at radius 2 is 1.88 bits per heavy atom. The normalized spacial score (nSPS) is 13.6. The summed E-state index contributed by atoms with van der Waals surface area (Å²) >= 11 is 0. The molecule has 126 valence electrons. The Labute approximate surface area is 138 Å². The quantitative estimate of drug-likeness (QED) is 0.783. The van der Waals surface area contributed by atoms with E-state index in [9.17, 15) is 9.90 Å². The molecule has 2 aromatic rings. The van der Waals surface area contributed by atoms with Crippen molar-refractivity contribution >= 4 is 5.97 Å². The summed E-state index contributed by atoms with van der Waals surface area (Å²) in [6.45, 7) is 0.114. The van der Waals surface area contributed by atoms with Crippen molar-refractivity contribution in [3.63, 3.8) is 0 Å². The summed E-state index contributed by atoms with van der Waals surface area (Å²) in [7, 11) is 1.49. The maximum Gasteiger partial charge on any atom is 0.335 e. The van der Waals surface area contributed by atoms with Gasteiger partial charge in [0.05, 0.1) is 5.56 Å². The molecule has 1 aliphatic heterocycles. The lowest BCUT2D eigenvalue weighted by Gasteiger charge is -2.17. The van der Waals surface area contributed by atoms with E-state index in [1.165, 1.54) is 19.2 Å². The summed E-state index contributed by atoms with van der Waals surface area (Å²) in [5.74, 6) is 0.411. The summed E-state index contributed by atoms with van der Waals surface area (Å²) in [6, 6.07) is 9.25. The Hall–Kier alpha value is -2.77. The minimum Gasteiger partial charge on any atom is -0.478 e. The highest BCUT2D eigenvalue weighted by atomic mass is 16.7. The molecule has 1 atom stereocenters. The number of aliphatic hydroxyl groups is 1. The largest absolute Gasteiger partial charge is 0.478 e. The van der Waals surface area contributed by atoms with Crippen LogP contribution in [0.1, 0.15) is 27.6 Å². The van der Waals surface area contributed by atoms with Crippen molar-refractivity contribution in [2.75, 3.05) is 20.7 Å². The number of carboxylic acids is 1. The van der Waals surface area contributed by atoms with Gasteiger partial charge in [-0.15, -0.1) is 0 Å². The van der Waals surface area contributed by atoms with E-state index in [0.29, 0.717) is 28.4 Å². The second-order valence-corrected chi connectivity index (χ2v) is 5.12. The van der Waals surface area contributed by atoms with Crippen molar-refractivity contribution in [1.29, 1.82) is 0 Å². The molecule has 0 fully saturated rings. The number of rotatable bonds is 6. The second-order valence-electron chi connectivity index (χ2n) is 5.12. The Kier molecular flexibility index (Phi) is 4.54. The molecule has 1 aliphatic rings. The topological polar surface area (TPSA) is 94.5 Å². The van der Waals surface area contributed by atoms with Crippen molar-refractivity contribution < 1.29 is 34.0 Å². The van der Waals surface area contributed by atoms with Crippen molar-refractivity contribution in [2.45, 2.75) is 6.10 Å². The molecule has 0 bridgehead atoms. The standard InChI is InChI=1S/C17H16O7/c1-21-8-22-13-7-15-14(23-9-24-15)6-12(13)16(18)10-2-4-11(5-3-10)17(19)20/h2-7,16,18H,8-9H2,1H3,(H,19,20). The number of benzene rings is 2. The first-order valence-corrected chi connectivity index (χ1v) is 7.16. The molecule has 0 aliphatic carbocycles. The average Bonchev–Trinajstić information content (AvgIpc) is 3.05. The predicted molar refractivity (Wildman–Crippen MR) is 82.5 cm³/mol. The molecule has 2 aromatic carbocycles. The number of hydrogen-bond donors (Lipinski definition) is 2. The van der Waals surface area contributed by atoms with E-state index in [1.54, 1.807) is 24.3 Å². The second kappa shape index (κ2) is 6.77. The molecule has 3 rings (SSSR count). The number of methoxy groups -OCH3 is 1. The van der Waals surface area contributed by atoms with E-state index < -0.39 is 12.1 Å². The Bertz CT molecular complexity index is 739. The van der Waals surface area contributed by atoms with E-state index in [4.69, 9.17) is 24.1 Å². The van der Waals surface area contributed by atoms with Crippen LogP contribution in [0.4, 0.5) is 0 Å². The van der Waals surface area contributed by atoms with Gasteiger partial charge in [-0.1, -0.05) is 12.1 Å². The van der Waals surface area contributed by atoms with Gasteiger partial charge in [0, 0.05) is 18.7 Å². The van der Waals surface area contributed by atoms with Gasteiger partial charge in [-0.25, -0.2) is 4.79 Å². The van der Waals surface area contributed by atoms with Crippen molar-refractivity contribution in [1.82, 2.24) is 0 Å². The van der Waals surface area contributed by atoms with Crippen LogP contribution in [0, 0.1) is 0 Å². The van der Waals surface area contributed by atoms with Crippen LogP contribution in [-0.4, -0.2) is 36.9 Å². The molecule has 0 amide bonds. The lowest BCUT2D eigenvalue weighted by molar-refractivity contribution is 0.0486. The molecule has 0 radical (unpaired) electrons. The van der Waals surface area contributed by atoms with Crippen LogP contribution in [-0.2, 0) is 4.74 Å². The van der Waals surface area contributed by atoms with Gasteiger partial charge in [-0.3, -0.25) is 0 Å². The molecule has 24 heavy (non-hydrogen) atoms. The molecular weight excluding hydrogens is 316 g/mol. The van der Waals surface area contributed by atoms with Crippen LogP contribution in [0.25, 0.3) is 0 Å². The Balaban J connectivity index is 1.95. The molecule has 0 aromatic heterocycles. The summed E-state index contributed by atoms with van der Waals surface area (Å²) in [5.41, 5.74) is 1.15. The zero-order valence-electron chi connectivity index (χ0n) is 12.9. The zero-order valence-corrected chi connectivity index (χ0v) is 12.9. The lowest BCUT2D eigenvalue weighted by Crippen LogP contribution is -2.07. The van der Waals surface area contributed by atoms with E-state index in [0.717, 1.165) is 0 Å². The smallest absolute Gasteiger partial charge is 0.335 e. The summed E-state index contributed by atoms with van der Waals surface area (Å²) in [5, 5.41) is 19.6. The fourth-order valence-electron chi connectivity index (χ4n) is 2.39. The van der Waals surface area contributed by atoms with Gasteiger partial charge in [-0.2, -0.15) is 0 Å². The third-order valence-corrected chi connectivity index (χ3v) is 3.61. The highest BCUT2D eigenvalue weighted by Crippen LogP contribution is 2.41. The Morgan fingerprint density at radius 3 is 2.50 bits per heavy atom. The first-order chi connectivity index (χ1) is 11.6. The van der Waals surface area contributed by atoms with Crippen LogP contribution >= 0.6 is 0 Å². The van der Waals surface area contributed by atoms with Crippen LogP contribution < -0.4 is 14.2 Å². The van der Waals surface area contributed by atoms with E-state index in [-0.39, 0.29) is 19.1 Å². The minimum absolute atomic E-state index is 0.0112. The average molecular weight is 332 g/mol. The van der Waals surface area contributed by atoms with Crippen LogP contribution in [0.5, 0.6) is 17.2 Å². The maximum atomic E-state index is 10.9. The molecule has 0 saturated heterocycles. The SMILES string of the molecule is COCOc1cc2c(cc1C(O)c1ccc(C(=O)O)cc1)OCO2. The van der Waals surface area contributed by atoms with Crippen LogP contribution in [0.3, 0.4) is 0 Å². The van der Waals surface area contributed by atoms with Gasteiger partial charge in [0.1, 0.15) is 11.9 Å². The van der Waals surface area contributed by atoms with Gasteiger partial charge in [-0.05, 0) is 23.8 Å². The third kappa shape index (κ3) is 3.12. The lowest BCUT2D eigenvalue weighted by atomic mass is 9.99. The van der Waals surface area contributed by atoms with E-state index >= 15 is 0 Å². The molecule has 0 saturated carbocycles. The highest BCUT2D eigenvalue weighted by Gasteiger charge is 2.23. The fraction of sp³-hybridized carbons (Fsp3) is 0.235.